The van der Waals surface area contributed by atoms with Gasteiger partial charge in [-0.1, -0.05) is 30.3 Å². The number of aromatic nitrogens is 2. The Hall–Kier alpha value is -4.30. The van der Waals surface area contributed by atoms with Gasteiger partial charge < -0.3 is 42.6 Å². The minimum atomic E-state index is -1.21. The van der Waals surface area contributed by atoms with E-state index in [9.17, 15) is 29.1 Å². The van der Waals surface area contributed by atoms with Crippen molar-refractivity contribution in [1.29, 1.82) is 0 Å². The highest BCUT2D eigenvalue weighted by Gasteiger charge is 2.31. The van der Waals surface area contributed by atoms with Crippen LogP contribution >= 0.6 is 0 Å². The lowest BCUT2D eigenvalue weighted by molar-refractivity contribution is -0.142. The Balaban J connectivity index is 2.23. The summed E-state index contributed by atoms with van der Waals surface area (Å²) in [5.41, 5.74) is 12.5. The number of unbranched alkanes of at least 4 members (excludes halogenated alkanes) is 1. The van der Waals surface area contributed by atoms with Gasteiger partial charge in [0.15, 0.2) is 0 Å². The van der Waals surface area contributed by atoms with E-state index in [0.717, 1.165) is 0 Å². The molecule has 4 atom stereocenters. The SMILES string of the molecule is NCCCCC(NC(=O)C(Cc1ccccc1)NC(=O)C(Cc1cnc[nH]1)NC(=O)C(N)CCC(=O)O)C(=O)O. The highest BCUT2D eigenvalue weighted by atomic mass is 16.4. The van der Waals surface area contributed by atoms with Gasteiger partial charge in [-0.05, 0) is 37.8 Å². The van der Waals surface area contributed by atoms with Gasteiger partial charge in [-0.25, -0.2) is 9.78 Å². The smallest absolute Gasteiger partial charge is 0.326 e. The van der Waals surface area contributed by atoms with E-state index in [4.69, 9.17) is 16.6 Å². The molecule has 0 fully saturated rings. The molecule has 4 unspecified atom stereocenters. The number of aliphatic carboxylic acids is 2. The van der Waals surface area contributed by atoms with Crippen molar-refractivity contribution in [2.75, 3.05) is 6.54 Å². The van der Waals surface area contributed by atoms with Crippen LogP contribution in [0.2, 0.25) is 0 Å². The van der Waals surface area contributed by atoms with Gasteiger partial charge in [0.25, 0.3) is 0 Å². The number of amides is 3. The number of H-pyrrole nitrogens is 1. The number of nitrogens with zero attached hydrogens (tertiary/aromatic N) is 1. The van der Waals surface area contributed by atoms with Crippen molar-refractivity contribution in [2.45, 2.75) is 69.1 Å². The summed E-state index contributed by atoms with van der Waals surface area (Å²) < 4.78 is 0. The van der Waals surface area contributed by atoms with Crippen molar-refractivity contribution in [3.05, 3.63) is 54.1 Å². The quantitative estimate of drug-likeness (QED) is 0.104. The molecule has 2 aromatic rings. The Labute approximate surface area is 231 Å². The first-order valence-corrected chi connectivity index (χ1v) is 12.9. The van der Waals surface area contributed by atoms with Crippen molar-refractivity contribution in [3.8, 4) is 0 Å². The van der Waals surface area contributed by atoms with Crippen LogP contribution in [-0.4, -0.2) is 80.6 Å². The van der Waals surface area contributed by atoms with Crippen LogP contribution in [0.1, 0.15) is 43.4 Å². The molecule has 1 heterocycles. The Morgan fingerprint density at radius 1 is 0.850 bits per heavy atom. The Kier molecular flexibility index (Phi) is 13.3. The normalized spacial score (nSPS) is 13.8. The summed E-state index contributed by atoms with van der Waals surface area (Å²) in [6, 6.07) is 4.10. The number of imidazole rings is 1. The molecule has 1 aromatic heterocycles. The molecule has 14 heteroatoms. The van der Waals surface area contributed by atoms with Gasteiger partial charge in [0, 0.05) is 31.2 Å². The molecule has 0 aliphatic carbocycles. The van der Waals surface area contributed by atoms with Gasteiger partial charge in [0.1, 0.15) is 18.1 Å². The third-order valence-corrected chi connectivity index (χ3v) is 6.09. The summed E-state index contributed by atoms with van der Waals surface area (Å²) in [5.74, 6) is -4.50. The fourth-order valence-corrected chi connectivity index (χ4v) is 3.87. The number of aromatic amines is 1. The molecule has 1 aromatic carbocycles. The minimum Gasteiger partial charge on any atom is -0.481 e. The van der Waals surface area contributed by atoms with Crippen LogP contribution in [0.3, 0.4) is 0 Å². The molecule has 218 valence electrons. The first kappa shape index (κ1) is 31.9. The summed E-state index contributed by atoms with van der Waals surface area (Å²) in [4.78, 5) is 68.7. The van der Waals surface area contributed by atoms with E-state index in [1.54, 1.807) is 30.3 Å². The molecule has 2 rings (SSSR count). The molecule has 10 N–H and O–H groups in total. The van der Waals surface area contributed by atoms with Crippen molar-refractivity contribution >= 4 is 29.7 Å². The van der Waals surface area contributed by atoms with Gasteiger partial charge in [0.2, 0.25) is 17.7 Å². The van der Waals surface area contributed by atoms with E-state index in [-0.39, 0.29) is 32.1 Å². The highest BCUT2D eigenvalue weighted by molar-refractivity contribution is 5.94. The summed E-state index contributed by atoms with van der Waals surface area (Å²) in [5, 5.41) is 26.1. The van der Waals surface area contributed by atoms with Crippen LogP contribution in [0.4, 0.5) is 0 Å². The molecule has 0 radical (unpaired) electrons. The zero-order valence-electron chi connectivity index (χ0n) is 22.0. The van der Waals surface area contributed by atoms with Crippen molar-refractivity contribution in [3.63, 3.8) is 0 Å². The topological polar surface area (TPSA) is 243 Å². The lowest BCUT2D eigenvalue weighted by atomic mass is 10.0. The van der Waals surface area contributed by atoms with Crippen molar-refractivity contribution < 1.29 is 34.2 Å². The first-order valence-electron chi connectivity index (χ1n) is 12.9. The molecule has 40 heavy (non-hydrogen) atoms. The molecule has 0 saturated heterocycles. The van der Waals surface area contributed by atoms with Crippen LogP contribution in [0, 0.1) is 0 Å². The summed E-state index contributed by atoms with van der Waals surface area (Å²) in [6.45, 7) is 0.385. The van der Waals surface area contributed by atoms with Crippen LogP contribution in [-0.2, 0) is 36.8 Å². The number of benzene rings is 1. The van der Waals surface area contributed by atoms with Crippen LogP contribution in [0.5, 0.6) is 0 Å². The van der Waals surface area contributed by atoms with Crippen LogP contribution in [0.25, 0.3) is 0 Å². The predicted molar refractivity (Wildman–Crippen MR) is 144 cm³/mol. The van der Waals surface area contributed by atoms with E-state index in [2.05, 4.69) is 25.9 Å². The second kappa shape index (κ2) is 16.6. The summed E-state index contributed by atoms with van der Waals surface area (Å²) >= 11 is 0. The van der Waals surface area contributed by atoms with Gasteiger partial charge in [-0.2, -0.15) is 0 Å². The maximum Gasteiger partial charge on any atom is 0.326 e. The Bertz CT molecular complexity index is 1110. The largest absolute Gasteiger partial charge is 0.481 e. The van der Waals surface area contributed by atoms with E-state index in [0.29, 0.717) is 30.6 Å². The molecule has 0 bridgehead atoms. The Morgan fingerprint density at radius 3 is 2.05 bits per heavy atom. The molecule has 3 amide bonds. The van der Waals surface area contributed by atoms with Crippen molar-refractivity contribution in [1.82, 2.24) is 25.9 Å². The summed E-state index contributed by atoms with van der Waals surface area (Å²) in [7, 11) is 0. The van der Waals surface area contributed by atoms with Crippen LogP contribution < -0.4 is 27.4 Å². The highest BCUT2D eigenvalue weighted by Crippen LogP contribution is 2.08. The zero-order chi connectivity index (χ0) is 29.5. The third-order valence-electron chi connectivity index (χ3n) is 6.09. The molecule has 0 saturated carbocycles. The van der Waals surface area contributed by atoms with E-state index < -0.39 is 53.8 Å². The number of nitrogens with two attached hydrogens (primary N) is 2. The van der Waals surface area contributed by atoms with Gasteiger partial charge in [-0.15, -0.1) is 0 Å². The lowest BCUT2D eigenvalue weighted by Crippen LogP contribution is -2.58. The predicted octanol–water partition coefficient (Wildman–Crippen LogP) is -0.945. The van der Waals surface area contributed by atoms with E-state index in [1.165, 1.54) is 12.5 Å². The van der Waals surface area contributed by atoms with Crippen molar-refractivity contribution in [2.24, 2.45) is 11.5 Å². The Morgan fingerprint density at radius 2 is 1.48 bits per heavy atom. The van der Waals surface area contributed by atoms with Gasteiger partial charge >= 0.3 is 11.9 Å². The van der Waals surface area contributed by atoms with Gasteiger partial charge in [-0.3, -0.25) is 19.2 Å². The number of hydrogen-bond donors (Lipinski definition) is 8. The number of nitrogens with one attached hydrogen (secondary N) is 4. The average molecular weight is 560 g/mol. The number of carboxylic acids is 2. The van der Waals surface area contributed by atoms with E-state index >= 15 is 0 Å². The lowest BCUT2D eigenvalue weighted by Gasteiger charge is -2.25. The van der Waals surface area contributed by atoms with Gasteiger partial charge in [0.05, 0.1) is 12.4 Å². The summed E-state index contributed by atoms with van der Waals surface area (Å²) in [6.07, 6.45) is 3.65. The third kappa shape index (κ3) is 11.2. The first-order chi connectivity index (χ1) is 19.1. The molecule has 14 nitrogen and oxygen atoms in total. The molecular weight excluding hydrogens is 522 g/mol. The minimum absolute atomic E-state index is 0.0280. The number of carbonyl (C=O) groups excluding carboxylic acids is 3. The second-order valence-electron chi connectivity index (χ2n) is 9.32. The average Bonchev–Trinajstić information content (AvgIpc) is 3.44. The zero-order valence-corrected chi connectivity index (χ0v) is 22.0. The number of rotatable bonds is 18. The fourth-order valence-electron chi connectivity index (χ4n) is 3.87. The maximum atomic E-state index is 13.4. The second-order valence-corrected chi connectivity index (χ2v) is 9.32. The molecule has 0 aliphatic rings. The van der Waals surface area contributed by atoms with E-state index in [1.807, 2.05) is 0 Å². The number of hydrogen-bond acceptors (Lipinski definition) is 8. The number of carbonyl (C=O) groups is 5. The maximum absolute atomic E-state index is 13.4. The van der Waals surface area contributed by atoms with Crippen LogP contribution in [0.15, 0.2) is 42.9 Å². The molecule has 0 spiro atoms. The molecule has 0 aliphatic heterocycles. The molecular formula is C26H37N7O7. The number of carboxylic acid groups (broad SMARTS) is 2. The standard InChI is InChI=1S/C26H37N7O7/c27-11-5-4-8-19(26(39)40)31-24(37)20(12-16-6-2-1-3-7-16)33-25(38)21(13-17-14-29-15-30-17)32-23(36)18(28)9-10-22(34)35/h1-3,6-7,14-15,18-21H,4-5,8-13,27-28H2,(H,29,30)(H,31,37)(H,32,36)(H,33,38)(H,34,35)(H,39,40). The monoisotopic (exact) mass is 559 g/mol. The fraction of sp³-hybridized carbons (Fsp3) is 0.462.